The summed E-state index contributed by atoms with van der Waals surface area (Å²) in [6, 6.07) is 5.76. The molecule has 2 N–H and O–H groups in total. The molecule has 1 aromatic carbocycles. The number of hydrogen-bond donors (Lipinski definition) is 2. The van der Waals surface area contributed by atoms with Crippen molar-refractivity contribution in [2.45, 2.75) is 51.9 Å². The maximum Gasteiger partial charge on any atom is 0.416 e. The molecule has 5 nitrogen and oxygen atoms in total. The average molecular weight is 555 g/mol. The van der Waals surface area contributed by atoms with Crippen LogP contribution < -0.4 is 10.6 Å². The summed E-state index contributed by atoms with van der Waals surface area (Å²) in [6.07, 6.45) is -1.03. The molecule has 0 saturated carbocycles. The fourth-order valence-corrected chi connectivity index (χ4v) is 3.75. The zero-order chi connectivity index (χ0) is 22.0. The van der Waals surface area contributed by atoms with Crippen molar-refractivity contribution >= 4 is 29.9 Å². The van der Waals surface area contributed by atoms with Crippen LogP contribution in [0.2, 0.25) is 0 Å². The number of guanidine groups is 1. The summed E-state index contributed by atoms with van der Waals surface area (Å²) < 4.78 is 38.1. The molecule has 2 rings (SSSR count). The molecule has 178 valence electrons. The first-order chi connectivity index (χ1) is 14.4. The zero-order valence-electron chi connectivity index (χ0n) is 18.8. The number of benzene rings is 1. The van der Waals surface area contributed by atoms with Crippen molar-refractivity contribution < 1.29 is 13.2 Å². The Labute approximate surface area is 201 Å². The van der Waals surface area contributed by atoms with Gasteiger partial charge in [0.15, 0.2) is 5.96 Å². The number of alkyl halides is 3. The maximum absolute atomic E-state index is 12.7. The lowest BCUT2D eigenvalue weighted by Gasteiger charge is -2.20. The summed E-state index contributed by atoms with van der Waals surface area (Å²) in [6.45, 7) is 11.0. The topological polar surface area (TPSA) is 42.9 Å². The van der Waals surface area contributed by atoms with Gasteiger partial charge in [0, 0.05) is 39.3 Å². The quantitative estimate of drug-likeness (QED) is 0.197. The summed E-state index contributed by atoms with van der Waals surface area (Å²) >= 11 is 0. The van der Waals surface area contributed by atoms with E-state index in [4.69, 9.17) is 0 Å². The smallest absolute Gasteiger partial charge is 0.356 e. The van der Waals surface area contributed by atoms with E-state index >= 15 is 0 Å². The molecule has 0 amide bonds. The molecular weight excluding hydrogens is 518 g/mol. The van der Waals surface area contributed by atoms with Crippen LogP contribution in [0, 0.1) is 0 Å². The van der Waals surface area contributed by atoms with Gasteiger partial charge in [0.25, 0.3) is 0 Å². The van der Waals surface area contributed by atoms with Crippen LogP contribution in [0.15, 0.2) is 29.3 Å². The van der Waals surface area contributed by atoms with Gasteiger partial charge in [-0.3, -0.25) is 9.89 Å². The normalized spacial score (nSPS) is 17.6. The third kappa shape index (κ3) is 9.95. The molecule has 1 unspecified atom stereocenters. The van der Waals surface area contributed by atoms with Crippen LogP contribution >= 0.6 is 24.0 Å². The highest BCUT2D eigenvalue weighted by Crippen LogP contribution is 2.29. The Kier molecular flexibility index (Phi) is 12.8. The van der Waals surface area contributed by atoms with Gasteiger partial charge in [0.2, 0.25) is 0 Å². The molecule has 1 aliphatic heterocycles. The molecule has 1 heterocycles. The molecule has 1 saturated heterocycles. The van der Waals surface area contributed by atoms with E-state index in [9.17, 15) is 13.2 Å². The molecule has 1 fully saturated rings. The van der Waals surface area contributed by atoms with E-state index < -0.39 is 11.7 Å². The Morgan fingerprint density at radius 2 is 1.84 bits per heavy atom. The maximum atomic E-state index is 12.7. The van der Waals surface area contributed by atoms with Crippen molar-refractivity contribution in [3.8, 4) is 0 Å². The lowest BCUT2D eigenvalue weighted by molar-refractivity contribution is -0.137. The van der Waals surface area contributed by atoms with Gasteiger partial charge >= 0.3 is 6.18 Å². The molecule has 0 bridgehead atoms. The Morgan fingerprint density at radius 1 is 1.16 bits per heavy atom. The fourth-order valence-electron chi connectivity index (χ4n) is 3.75. The molecule has 1 atom stereocenters. The van der Waals surface area contributed by atoms with Crippen LogP contribution in [0.25, 0.3) is 0 Å². The number of nitrogens with one attached hydrogen (secondary N) is 2. The Bertz CT molecular complexity index is 648. The van der Waals surface area contributed by atoms with E-state index in [0.717, 1.165) is 82.2 Å². The lowest BCUT2D eigenvalue weighted by atomic mass is 10.1. The molecule has 1 aromatic rings. The minimum Gasteiger partial charge on any atom is -0.356 e. The monoisotopic (exact) mass is 555 g/mol. The Hall–Kier alpha value is -1.07. The summed E-state index contributed by atoms with van der Waals surface area (Å²) in [5.74, 6) is 0.819. The molecule has 0 radical (unpaired) electrons. The average Bonchev–Trinajstić information content (AvgIpc) is 3.16. The molecular formula is C22H37F3IN5. The largest absolute Gasteiger partial charge is 0.416 e. The second-order valence-electron chi connectivity index (χ2n) is 7.79. The van der Waals surface area contributed by atoms with Crippen LogP contribution in [-0.4, -0.2) is 68.1 Å². The highest BCUT2D eigenvalue weighted by molar-refractivity contribution is 14.0. The van der Waals surface area contributed by atoms with Crippen LogP contribution in [-0.2, 0) is 12.7 Å². The van der Waals surface area contributed by atoms with Crippen LogP contribution in [0.4, 0.5) is 13.2 Å². The van der Waals surface area contributed by atoms with Gasteiger partial charge < -0.3 is 15.5 Å². The first-order valence-electron chi connectivity index (χ1n) is 10.9. The summed E-state index contributed by atoms with van der Waals surface area (Å²) in [5, 5.41) is 6.86. The number of aliphatic imine (C=N–C) groups is 1. The van der Waals surface area contributed by atoms with Crippen molar-refractivity contribution in [3.63, 3.8) is 0 Å². The van der Waals surface area contributed by atoms with E-state index in [1.165, 1.54) is 0 Å². The number of nitrogens with zero attached hydrogens (tertiary/aromatic N) is 3. The zero-order valence-corrected chi connectivity index (χ0v) is 21.2. The van der Waals surface area contributed by atoms with E-state index in [1.807, 2.05) is 0 Å². The molecule has 0 aromatic heterocycles. The molecule has 0 aliphatic carbocycles. The van der Waals surface area contributed by atoms with Crippen LogP contribution in [0.1, 0.15) is 44.2 Å². The predicted octanol–water partition coefficient (Wildman–Crippen LogP) is 4.18. The summed E-state index contributed by atoms with van der Waals surface area (Å²) in [4.78, 5) is 9.01. The predicted molar refractivity (Wildman–Crippen MR) is 132 cm³/mol. The standard InChI is InChI=1S/C22H36F3N5.HI/c1-4-29(5-2)14-7-6-13-27-21(26-3)28-20-12-15-30(17-20)16-18-8-10-19(11-9-18)22(23,24)25;/h8-11,20H,4-7,12-17H2,1-3H3,(H2,26,27,28);1H. The minimum absolute atomic E-state index is 0. The van der Waals surface area contributed by atoms with E-state index in [-0.39, 0.29) is 24.0 Å². The highest BCUT2D eigenvalue weighted by Gasteiger charge is 2.30. The number of rotatable bonds is 10. The molecule has 31 heavy (non-hydrogen) atoms. The number of unbranched alkanes of at least 4 members (excludes halogenated alkanes) is 1. The van der Waals surface area contributed by atoms with Crippen molar-refractivity contribution in [1.82, 2.24) is 20.4 Å². The van der Waals surface area contributed by atoms with Crippen LogP contribution in [0.3, 0.4) is 0 Å². The van der Waals surface area contributed by atoms with Gasteiger partial charge in [-0.15, -0.1) is 24.0 Å². The number of halogens is 4. The van der Waals surface area contributed by atoms with E-state index in [0.29, 0.717) is 12.6 Å². The van der Waals surface area contributed by atoms with Gasteiger partial charge in [-0.25, -0.2) is 0 Å². The minimum atomic E-state index is -4.28. The van der Waals surface area contributed by atoms with Gasteiger partial charge in [0.05, 0.1) is 5.56 Å². The van der Waals surface area contributed by atoms with Crippen molar-refractivity contribution in [2.24, 2.45) is 4.99 Å². The van der Waals surface area contributed by atoms with Crippen molar-refractivity contribution in [1.29, 1.82) is 0 Å². The third-order valence-electron chi connectivity index (χ3n) is 5.61. The van der Waals surface area contributed by atoms with Crippen molar-refractivity contribution in [3.05, 3.63) is 35.4 Å². The summed E-state index contributed by atoms with van der Waals surface area (Å²) in [7, 11) is 1.78. The Balaban J connectivity index is 0.00000480. The second kappa shape index (κ2) is 14.2. The Morgan fingerprint density at radius 3 is 2.42 bits per heavy atom. The number of hydrogen-bond acceptors (Lipinski definition) is 3. The molecule has 9 heteroatoms. The van der Waals surface area contributed by atoms with Gasteiger partial charge in [-0.1, -0.05) is 26.0 Å². The highest BCUT2D eigenvalue weighted by atomic mass is 127. The molecule has 1 aliphatic rings. The summed E-state index contributed by atoms with van der Waals surface area (Å²) in [5.41, 5.74) is 0.304. The molecule has 0 spiro atoms. The van der Waals surface area contributed by atoms with E-state index in [1.54, 1.807) is 19.2 Å². The third-order valence-corrected chi connectivity index (χ3v) is 5.61. The SMILES string of the molecule is CCN(CC)CCCCNC(=NC)NC1CCN(Cc2ccc(C(F)(F)F)cc2)C1.I. The first-order valence-corrected chi connectivity index (χ1v) is 10.9. The van der Waals surface area contributed by atoms with Crippen LogP contribution in [0.5, 0.6) is 0 Å². The lowest BCUT2D eigenvalue weighted by Crippen LogP contribution is -2.44. The number of likely N-dealkylation sites (tertiary alicyclic amines) is 1. The second-order valence-corrected chi connectivity index (χ2v) is 7.79. The first kappa shape index (κ1) is 28.0. The fraction of sp³-hybridized carbons (Fsp3) is 0.682. The van der Waals surface area contributed by atoms with E-state index in [2.05, 4.69) is 39.3 Å². The van der Waals surface area contributed by atoms with Gasteiger partial charge in [-0.2, -0.15) is 13.2 Å². The van der Waals surface area contributed by atoms with Crippen molar-refractivity contribution in [2.75, 3.05) is 46.3 Å². The van der Waals surface area contributed by atoms with Gasteiger partial charge in [-0.05, 0) is 56.6 Å². The van der Waals surface area contributed by atoms with Gasteiger partial charge in [0.1, 0.15) is 0 Å².